The smallest absolute Gasteiger partial charge is 0.302 e. The van der Waals surface area contributed by atoms with Crippen LogP contribution in [0.2, 0.25) is 0 Å². The van der Waals surface area contributed by atoms with Crippen molar-refractivity contribution in [3.8, 4) is 5.75 Å². The van der Waals surface area contributed by atoms with E-state index >= 15 is 0 Å². The second-order valence-electron chi connectivity index (χ2n) is 10.5. The van der Waals surface area contributed by atoms with Crippen LogP contribution < -0.4 is 9.64 Å². The second kappa shape index (κ2) is 13.7. The van der Waals surface area contributed by atoms with Gasteiger partial charge in [-0.05, 0) is 73.6 Å². The average Bonchev–Trinajstić information content (AvgIpc) is 2.95. The third kappa shape index (κ3) is 7.87. The summed E-state index contributed by atoms with van der Waals surface area (Å²) in [6.07, 6.45) is 7.34. The van der Waals surface area contributed by atoms with Crippen LogP contribution in [0.1, 0.15) is 63.0 Å². The molecular formula is C28H38F2N4O5S. The van der Waals surface area contributed by atoms with Gasteiger partial charge in [-0.2, -0.15) is 0 Å². The van der Waals surface area contributed by atoms with E-state index in [9.17, 15) is 22.0 Å². The standard InChI is InChI=1S/C28H38F2N4O5S/c1-3-21-17-31-28(32-18-21)33-9-5-22(6-10-33)19-39-27-25(29)15-24(16-26(27)30)23-7-11-34(12-8-23)40(36,37)14-4-13-38-20(2)35/h15-18,22-23H,3-14,19H2,1-2H3. The zero-order valence-electron chi connectivity index (χ0n) is 23.2. The fourth-order valence-electron chi connectivity index (χ4n) is 5.20. The summed E-state index contributed by atoms with van der Waals surface area (Å²) in [7, 11) is -3.49. The lowest BCUT2D eigenvalue weighted by Gasteiger charge is -2.32. The summed E-state index contributed by atoms with van der Waals surface area (Å²) in [6, 6.07) is 2.62. The van der Waals surface area contributed by atoms with Gasteiger partial charge in [-0.25, -0.2) is 31.5 Å². The normalized spacial score (nSPS) is 17.6. The molecular weight excluding hydrogens is 542 g/mol. The molecule has 0 radical (unpaired) electrons. The van der Waals surface area contributed by atoms with Crippen molar-refractivity contribution in [2.24, 2.45) is 5.92 Å². The fraction of sp³-hybridized carbons (Fsp3) is 0.607. The fourth-order valence-corrected chi connectivity index (χ4v) is 6.71. The van der Waals surface area contributed by atoms with Gasteiger partial charge in [0.2, 0.25) is 16.0 Å². The Hall–Kier alpha value is -2.86. The van der Waals surface area contributed by atoms with Crippen molar-refractivity contribution in [1.29, 1.82) is 0 Å². The number of rotatable bonds is 11. The van der Waals surface area contributed by atoms with Crippen LogP contribution in [0.15, 0.2) is 24.5 Å². The second-order valence-corrected chi connectivity index (χ2v) is 12.6. The molecule has 40 heavy (non-hydrogen) atoms. The first kappa shape index (κ1) is 30.1. The van der Waals surface area contributed by atoms with E-state index in [4.69, 9.17) is 9.47 Å². The average molecular weight is 581 g/mol. The lowest BCUT2D eigenvalue weighted by Crippen LogP contribution is -2.39. The Balaban J connectivity index is 1.25. The number of ether oxygens (including phenoxy) is 2. The van der Waals surface area contributed by atoms with E-state index in [1.807, 2.05) is 12.4 Å². The van der Waals surface area contributed by atoms with Gasteiger partial charge in [0.1, 0.15) is 0 Å². The summed E-state index contributed by atoms with van der Waals surface area (Å²) in [5.41, 5.74) is 1.60. The monoisotopic (exact) mass is 580 g/mol. The van der Waals surface area contributed by atoms with E-state index < -0.39 is 27.6 Å². The molecule has 2 aromatic rings. The molecule has 0 aliphatic carbocycles. The number of benzene rings is 1. The minimum atomic E-state index is -3.49. The Morgan fingerprint density at radius 3 is 2.23 bits per heavy atom. The van der Waals surface area contributed by atoms with E-state index in [0.29, 0.717) is 24.4 Å². The van der Waals surface area contributed by atoms with Crippen LogP contribution in [0.5, 0.6) is 5.75 Å². The maximum absolute atomic E-state index is 14.9. The molecule has 4 rings (SSSR count). The number of esters is 1. The molecule has 0 bridgehead atoms. The highest BCUT2D eigenvalue weighted by molar-refractivity contribution is 7.89. The number of hydrogen-bond acceptors (Lipinski definition) is 8. The van der Waals surface area contributed by atoms with Gasteiger partial charge in [-0.1, -0.05) is 6.92 Å². The predicted molar refractivity (Wildman–Crippen MR) is 147 cm³/mol. The third-order valence-corrected chi connectivity index (χ3v) is 9.61. The summed E-state index contributed by atoms with van der Waals surface area (Å²) in [5.74, 6) is -1.68. The molecule has 0 amide bonds. The van der Waals surface area contributed by atoms with Crippen molar-refractivity contribution >= 4 is 21.9 Å². The maximum Gasteiger partial charge on any atom is 0.302 e. The number of anilines is 1. The molecule has 1 aromatic heterocycles. The van der Waals surface area contributed by atoms with Crippen LogP contribution in [0.3, 0.4) is 0 Å². The van der Waals surface area contributed by atoms with Gasteiger partial charge < -0.3 is 14.4 Å². The predicted octanol–water partition coefficient (Wildman–Crippen LogP) is 4.08. The zero-order chi connectivity index (χ0) is 28.7. The number of nitrogens with zero attached hydrogens (tertiary/aromatic N) is 4. The van der Waals surface area contributed by atoms with Gasteiger partial charge in [-0.3, -0.25) is 4.79 Å². The molecule has 3 heterocycles. The number of hydrogen-bond donors (Lipinski definition) is 0. The third-order valence-electron chi connectivity index (χ3n) is 7.65. The molecule has 0 saturated carbocycles. The van der Waals surface area contributed by atoms with Crippen LogP contribution in [-0.2, 0) is 26.0 Å². The van der Waals surface area contributed by atoms with Crippen molar-refractivity contribution < 1.29 is 31.5 Å². The Kier molecular flexibility index (Phi) is 10.3. The number of sulfonamides is 1. The summed E-state index contributed by atoms with van der Waals surface area (Å²) >= 11 is 0. The number of carbonyl (C=O) groups excluding carboxylic acids is 1. The first-order valence-electron chi connectivity index (χ1n) is 13.9. The van der Waals surface area contributed by atoms with Crippen molar-refractivity contribution in [2.75, 3.05) is 50.0 Å². The summed E-state index contributed by atoms with van der Waals surface area (Å²) in [6.45, 7) is 5.67. The van der Waals surface area contributed by atoms with Gasteiger partial charge in [0.25, 0.3) is 0 Å². The number of aromatic nitrogens is 2. The number of halogens is 2. The van der Waals surface area contributed by atoms with E-state index in [0.717, 1.165) is 37.9 Å². The zero-order valence-corrected chi connectivity index (χ0v) is 24.0. The molecule has 0 atom stereocenters. The molecule has 2 saturated heterocycles. The van der Waals surface area contributed by atoms with Gasteiger partial charge in [0.05, 0.1) is 19.0 Å². The Morgan fingerprint density at radius 1 is 1.02 bits per heavy atom. The lowest BCUT2D eigenvalue weighted by atomic mass is 9.90. The number of carbonyl (C=O) groups is 1. The SMILES string of the molecule is CCc1cnc(N2CCC(COc3c(F)cc(C4CCN(S(=O)(=O)CCCOC(C)=O)CC4)cc3F)CC2)nc1. The highest BCUT2D eigenvalue weighted by Gasteiger charge is 2.30. The lowest BCUT2D eigenvalue weighted by molar-refractivity contribution is -0.140. The van der Waals surface area contributed by atoms with Crippen LogP contribution in [0.4, 0.5) is 14.7 Å². The Labute approximate surface area is 234 Å². The van der Waals surface area contributed by atoms with Crippen LogP contribution in [0.25, 0.3) is 0 Å². The quantitative estimate of drug-likeness (QED) is 0.290. The molecule has 12 heteroatoms. The summed E-state index contributed by atoms with van der Waals surface area (Å²) in [5, 5.41) is 0. The van der Waals surface area contributed by atoms with Crippen LogP contribution in [0, 0.1) is 17.6 Å². The topological polar surface area (TPSA) is 102 Å². The van der Waals surface area contributed by atoms with E-state index in [-0.39, 0.29) is 56.1 Å². The summed E-state index contributed by atoms with van der Waals surface area (Å²) in [4.78, 5) is 21.8. The molecule has 0 spiro atoms. The molecule has 9 nitrogen and oxygen atoms in total. The number of aryl methyl sites for hydroxylation is 1. The molecule has 2 fully saturated rings. The molecule has 0 unspecified atom stereocenters. The minimum Gasteiger partial charge on any atom is -0.487 e. The Morgan fingerprint density at radius 2 is 1.65 bits per heavy atom. The largest absolute Gasteiger partial charge is 0.487 e. The van der Waals surface area contributed by atoms with Crippen molar-refractivity contribution in [3.05, 3.63) is 47.3 Å². The van der Waals surface area contributed by atoms with Crippen molar-refractivity contribution in [2.45, 2.75) is 58.3 Å². The van der Waals surface area contributed by atoms with Crippen molar-refractivity contribution in [1.82, 2.24) is 14.3 Å². The minimum absolute atomic E-state index is 0.0552. The molecule has 220 valence electrons. The molecule has 0 N–H and O–H groups in total. The first-order valence-corrected chi connectivity index (χ1v) is 15.6. The number of piperidine rings is 2. The highest BCUT2D eigenvalue weighted by atomic mass is 32.2. The van der Waals surface area contributed by atoms with E-state index in [1.165, 1.54) is 23.4 Å². The van der Waals surface area contributed by atoms with Gasteiger partial charge in [-0.15, -0.1) is 0 Å². The van der Waals surface area contributed by atoms with Crippen molar-refractivity contribution in [3.63, 3.8) is 0 Å². The summed E-state index contributed by atoms with van der Waals surface area (Å²) < 4.78 is 66.9. The van der Waals surface area contributed by atoms with Gasteiger partial charge in [0, 0.05) is 45.5 Å². The van der Waals surface area contributed by atoms with E-state index in [2.05, 4.69) is 21.8 Å². The van der Waals surface area contributed by atoms with Gasteiger partial charge >= 0.3 is 5.97 Å². The Bertz CT molecular complexity index is 1220. The van der Waals surface area contributed by atoms with Crippen LogP contribution in [-0.4, -0.2) is 73.8 Å². The molecule has 2 aliphatic heterocycles. The molecule has 2 aliphatic rings. The maximum atomic E-state index is 14.9. The van der Waals surface area contributed by atoms with E-state index in [1.54, 1.807) is 0 Å². The first-order chi connectivity index (χ1) is 19.2. The molecule has 1 aromatic carbocycles. The van der Waals surface area contributed by atoms with Crippen LogP contribution >= 0.6 is 0 Å². The highest BCUT2D eigenvalue weighted by Crippen LogP contribution is 2.34. The van der Waals surface area contributed by atoms with Gasteiger partial charge in [0.15, 0.2) is 17.4 Å².